The highest BCUT2D eigenvalue weighted by atomic mass is 32.2. The van der Waals surface area contributed by atoms with E-state index in [9.17, 15) is 4.79 Å². The van der Waals surface area contributed by atoms with Crippen molar-refractivity contribution in [3.05, 3.63) is 41.7 Å². The van der Waals surface area contributed by atoms with Gasteiger partial charge in [-0.05, 0) is 19.4 Å². The summed E-state index contributed by atoms with van der Waals surface area (Å²) in [5, 5.41) is 17.8. The molecule has 1 heterocycles. The lowest BCUT2D eigenvalue weighted by atomic mass is 10.1. The van der Waals surface area contributed by atoms with E-state index in [4.69, 9.17) is 5.11 Å². The Kier molecular flexibility index (Phi) is 4.79. The molecule has 0 amide bonds. The van der Waals surface area contributed by atoms with E-state index in [1.165, 1.54) is 11.8 Å². The maximum Gasteiger partial charge on any atom is 0.313 e. The van der Waals surface area contributed by atoms with Gasteiger partial charge in [-0.1, -0.05) is 42.1 Å². The van der Waals surface area contributed by atoms with Crippen LogP contribution in [-0.4, -0.2) is 31.6 Å². The minimum atomic E-state index is -0.849. The van der Waals surface area contributed by atoms with Crippen molar-refractivity contribution in [1.82, 2.24) is 14.8 Å². The maximum atomic E-state index is 10.7. The number of thioether (sulfide) groups is 1. The van der Waals surface area contributed by atoms with Gasteiger partial charge in [0.2, 0.25) is 0 Å². The number of nitrogens with zero attached hydrogens (tertiary/aromatic N) is 3. The van der Waals surface area contributed by atoms with E-state index in [1.54, 1.807) is 0 Å². The van der Waals surface area contributed by atoms with Crippen molar-refractivity contribution in [3.63, 3.8) is 0 Å². The number of carboxylic acid groups (broad SMARTS) is 1. The summed E-state index contributed by atoms with van der Waals surface area (Å²) < 4.78 is 2.00. The molecule has 5 nitrogen and oxygen atoms in total. The van der Waals surface area contributed by atoms with E-state index in [0.29, 0.717) is 11.6 Å². The highest BCUT2D eigenvalue weighted by Crippen LogP contribution is 2.22. The first kappa shape index (κ1) is 14.6. The SMILES string of the molecule is CC(C)n1c(Cc2ccccc2)nnc1SCC(=O)O. The fourth-order valence-electron chi connectivity index (χ4n) is 1.95. The number of aliphatic carboxylic acids is 1. The van der Waals surface area contributed by atoms with E-state index < -0.39 is 5.97 Å². The molecule has 1 aromatic carbocycles. The molecule has 0 atom stereocenters. The molecule has 1 aromatic heterocycles. The van der Waals surface area contributed by atoms with Crippen molar-refractivity contribution in [2.75, 3.05) is 5.75 Å². The van der Waals surface area contributed by atoms with Crippen LogP contribution in [0.2, 0.25) is 0 Å². The molecule has 0 saturated carbocycles. The fourth-order valence-corrected chi connectivity index (χ4v) is 2.76. The number of rotatable bonds is 6. The van der Waals surface area contributed by atoms with Crippen LogP contribution in [0.3, 0.4) is 0 Å². The normalized spacial score (nSPS) is 10.9. The van der Waals surface area contributed by atoms with E-state index in [1.807, 2.05) is 48.7 Å². The average Bonchev–Trinajstić information content (AvgIpc) is 2.80. The van der Waals surface area contributed by atoms with Gasteiger partial charge in [-0.3, -0.25) is 4.79 Å². The third-order valence-corrected chi connectivity index (χ3v) is 3.71. The Labute approximate surface area is 122 Å². The molecule has 6 heteroatoms. The minimum absolute atomic E-state index is 0.00378. The molecule has 0 fully saturated rings. The fraction of sp³-hybridized carbons (Fsp3) is 0.357. The molecular formula is C14H17N3O2S. The molecule has 1 N–H and O–H groups in total. The van der Waals surface area contributed by atoms with E-state index in [2.05, 4.69) is 10.2 Å². The third-order valence-electron chi connectivity index (χ3n) is 2.78. The van der Waals surface area contributed by atoms with Gasteiger partial charge in [0.1, 0.15) is 5.82 Å². The van der Waals surface area contributed by atoms with Gasteiger partial charge in [-0.25, -0.2) is 0 Å². The van der Waals surface area contributed by atoms with E-state index in [0.717, 1.165) is 11.4 Å². The summed E-state index contributed by atoms with van der Waals surface area (Å²) in [7, 11) is 0. The topological polar surface area (TPSA) is 68.0 Å². The van der Waals surface area contributed by atoms with Crippen LogP contribution in [0, 0.1) is 0 Å². The summed E-state index contributed by atoms with van der Waals surface area (Å²) in [4.78, 5) is 10.7. The summed E-state index contributed by atoms with van der Waals surface area (Å²) in [6, 6.07) is 10.2. The largest absolute Gasteiger partial charge is 0.481 e. The van der Waals surface area contributed by atoms with Gasteiger partial charge >= 0.3 is 5.97 Å². The number of hydrogen-bond acceptors (Lipinski definition) is 4. The molecule has 0 radical (unpaired) electrons. The first-order valence-corrected chi connectivity index (χ1v) is 7.38. The smallest absolute Gasteiger partial charge is 0.313 e. The van der Waals surface area contributed by atoms with Gasteiger partial charge in [-0.15, -0.1) is 10.2 Å². The van der Waals surface area contributed by atoms with Crippen molar-refractivity contribution in [2.45, 2.75) is 31.5 Å². The number of hydrogen-bond donors (Lipinski definition) is 1. The number of benzene rings is 1. The zero-order valence-corrected chi connectivity index (χ0v) is 12.3. The van der Waals surface area contributed by atoms with Crippen molar-refractivity contribution in [3.8, 4) is 0 Å². The summed E-state index contributed by atoms with van der Waals surface area (Å²) in [6.07, 6.45) is 0.694. The van der Waals surface area contributed by atoms with Crippen LogP contribution in [-0.2, 0) is 11.2 Å². The summed E-state index contributed by atoms with van der Waals surface area (Å²) in [6.45, 7) is 4.09. The molecule has 0 unspecified atom stereocenters. The van der Waals surface area contributed by atoms with Crippen molar-refractivity contribution >= 4 is 17.7 Å². The Hall–Kier alpha value is -1.82. The van der Waals surface area contributed by atoms with E-state index >= 15 is 0 Å². The molecule has 0 aliphatic heterocycles. The monoisotopic (exact) mass is 291 g/mol. The zero-order valence-electron chi connectivity index (χ0n) is 11.5. The lowest BCUT2D eigenvalue weighted by molar-refractivity contribution is -0.133. The molecule has 0 bridgehead atoms. The second kappa shape index (κ2) is 6.56. The molecule has 0 saturated heterocycles. The van der Waals surface area contributed by atoms with Gasteiger partial charge < -0.3 is 9.67 Å². The van der Waals surface area contributed by atoms with Crippen molar-refractivity contribution in [2.24, 2.45) is 0 Å². The Morgan fingerprint density at radius 1 is 1.30 bits per heavy atom. The summed E-state index contributed by atoms with van der Waals surface area (Å²) in [5.74, 6) is 0.00734. The molecule has 0 aliphatic rings. The van der Waals surface area contributed by atoms with Crippen LogP contribution < -0.4 is 0 Å². The first-order chi connectivity index (χ1) is 9.58. The van der Waals surface area contributed by atoms with Crippen LogP contribution >= 0.6 is 11.8 Å². The zero-order chi connectivity index (χ0) is 14.5. The van der Waals surface area contributed by atoms with Gasteiger partial charge in [0.15, 0.2) is 5.16 Å². The molecular weight excluding hydrogens is 274 g/mol. The van der Waals surface area contributed by atoms with Gasteiger partial charge in [0, 0.05) is 12.5 Å². The second-order valence-electron chi connectivity index (χ2n) is 4.71. The molecule has 0 aliphatic carbocycles. The lowest BCUT2D eigenvalue weighted by Crippen LogP contribution is -2.09. The first-order valence-electron chi connectivity index (χ1n) is 6.40. The molecule has 106 valence electrons. The van der Waals surface area contributed by atoms with Gasteiger partial charge in [0.05, 0.1) is 5.75 Å². The second-order valence-corrected chi connectivity index (χ2v) is 5.65. The van der Waals surface area contributed by atoms with Crippen LogP contribution in [0.1, 0.15) is 31.3 Å². The van der Waals surface area contributed by atoms with Gasteiger partial charge in [-0.2, -0.15) is 0 Å². The van der Waals surface area contributed by atoms with Crippen molar-refractivity contribution < 1.29 is 9.90 Å². The predicted molar refractivity (Wildman–Crippen MR) is 78.0 cm³/mol. The average molecular weight is 291 g/mol. The van der Waals surface area contributed by atoms with Crippen LogP contribution in [0.25, 0.3) is 0 Å². The maximum absolute atomic E-state index is 10.7. The molecule has 0 spiro atoms. The number of aromatic nitrogens is 3. The van der Waals surface area contributed by atoms with Crippen LogP contribution in [0.5, 0.6) is 0 Å². The molecule has 2 rings (SSSR count). The number of carboxylic acids is 1. The molecule has 2 aromatic rings. The lowest BCUT2D eigenvalue weighted by Gasteiger charge is -2.13. The highest BCUT2D eigenvalue weighted by molar-refractivity contribution is 7.99. The van der Waals surface area contributed by atoms with Crippen LogP contribution in [0.15, 0.2) is 35.5 Å². The van der Waals surface area contributed by atoms with E-state index in [-0.39, 0.29) is 11.8 Å². The summed E-state index contributed by atoms with van der Waals surface area (Å²) in [5.41, 5.74) is 1.16. The highest BCUT2D eigenvalue weighted by Gasteiger charge is 2.16. The Morgan fingerprint density at radius 2 is 2.00 bits per heavy atom. The van der Waals surface area contributed by atoms with Gasteiger partial charge in [0.25, 0.3) is 0 Å². The molecule has 20 heavy (non-hydrogen) atoms. The minimum Gasteiger partial charge on any atom is -0.481 e. The number of carbonyl (C=O) groups is 1. The Bertz CT molecular complexity index is 581. The summed E-state index contributed by atoms with van der Waals surface area (Å²) >= 11 is 1.20. The standard InChI is InChI=1S/C14H17N3O2S/c1-10(2)17-12(8-11-6-4-3-5-7-11)15-16-14(17)20-9-13(18)19/h3-7,10H,8-9H2,1-2H3,(H,18,19). The third kappa shape index (κ3) is 3.60. The Balaban J connectivity index is 2.22. The van der Waals surface area contributed by atoms with Crippen molar-refractivity contribution in [1.29, 1.82) is 0 Å². The Morgan fingerprint density at radius 3 is 2.60 bits per heavy atom. The quantitative estimate of drug-likeness (QED) is 0.829. The van der Waals surface area contributed by atoms with Crippen LogP contribution in [0.4, 0.5) is 0 Å². The predicted octanol–water partition coefficient (Wildman–Crippen LogP) is 2.63.